The second kappa shape index (κ2) is 7.04. The fourth-order valence-corrected chi connectivity index (χ4v) is 3.27. The van der Waals surface area contributed by atoms with Crippen LogP contribution >= 0.6 is 11.5 Å². The van der Waals surface area contributed by atoms with Crippen molar-refractivity contribution in [3.63, 3.8) is 0 Å². The highest BCUT2D eigenvalue weighted by atomic mass is 32.1. The monoisotopic (exact) mass is 268 g/mol. The van der Waals surface area contributed by atoms with Gasteiger partial charge in [0, 0.05) is 37.1 Å². The minimum absolute atomic E-state index is 0.598. The molecule has 1 atom stereocenters. The molecule has 2 rings (SSSR count). The first-order valence-electron chi connectivity index (χ1n) is 7.15. The third-order valence-electron chi connectivity index (χ3n) is 3.35. The summed E-state index contributed by atoms with van der Waals surface area (Å²) in [5, 5.41) is 4.61. The van der Waals surface area contributed by atoms with Gasteiger partial charge in [-0.15, -0.1) is 0 Å². The van der Waals surface area contributed by atoms with Gasteiger partial charge in [0.25, 0.3) is 0 Å². The molecule has 0 saturated carbocycles. The van der Waals surface area contributed by atoms with Gasteiger partial charge >= 0.3 is 0 Å². The molecule has 0 aliphatic carbocycles. The summed E-state index contributed by atoms with van der Waals surface area (Å²) < 4.78 is 4.47. The molecule has 0 radical (unpaired) electrons. The van der Waals surface area contributed by atoms with Crippen LogP contribution in [0.5, 0.6) is 0 Å². The summed E-state index contributed by atoms with van der Waals surface area (Å²) in [5.41, 5.74) is 0. The average molecular weight is 268 g/mol. The van der Waals surface area contributed by atoms with E-state index in [9.17, 15) is 0 Å². The maximum atomic E-state index is 4.70. The zero-order chi connectivity index (χ0) is 12.8. The van der Waals surface area contributed by atoms with Crippen LogP contribution in [-0.2, 0) is 6.42 Å². The normalized spacial score (nSPS) is 20.0. The maximum absolute atomic E-state index is 4.70. The van der Waals surface area contributed by atoms with Crippen molar-refractivity contribution < 1.29 is 0 Å². The molecule has 1 N–H and O–H groups in total. The van der Waals surface area contributed by atoms with Gasteiger partial charge in [-0.3, -0.25) is 0 Å². The zero-order valence-corrected chi connectivity index (χ0v) is 12.3. The van der Waals surface area contributed by atoms with Crippen molar-refractivity contribution in [3.05, 3.63) is 5.82 Å². The molecule has 1 fully saturated rings. The van der Waals surface area contributed by atoms with E-state index in [1.165, 1.54) is 19.3 Å². The molecule has 1 saturated heterocycles. The Balaban J connectivity index is 2.06. The fraction of sp³-hybridized carbons (Fsp3) is 0.846. The highest BCUT2D eigenvalue weighted by Crippen LogP contribution is 2.23. The number of nitrogens with zero attached hydrogens (tertiary/aromatic N) is 3. The van der Waals surface area contributed by atoms with Crippen LogP contribution in [0.25, 0.3) is 0 Å². The van der Waals surface area contributed by atoms with Crippen LogP contribution in [0.1, 0.15) is 45.4 Å². The number of rotatable bonds is 6. The number of hydrogen-bond acceptors (Lipinski definition) is 5. The van der Waals surface area contributed by atoms with Gasteiger partial charge in [-0.2, -0.15) is 4.37 Å². The van der Waals surface area contributed by atoms with E-state index in [-0.39, 0.29) is 0 Å². The molecule has 5 heteroatoms. The first-order chi connectivity index (χ1) is 8.85. The third-order valence-corrected chi connectivity index (χ3v) is 4.14. The SMILES string of the molecule is CCCc1nsc(N(CCC)C2CCCNC2)n1. The summed E-state index contributed by atoms with van der Waals surface area (Å²) in [4.78, 5) is 7.16. The Labute approximate surface area is 114 Å². The number of aryl methyl sites for hydroxylation is 1. The lowest BCUT2D eigenvalue weighted by Crippen LogP contribution is -2.46. The van der Waals surface area contributed by atoms with Crippen molar-refractivity contribution in [3.8, 4) is 0 Å². The van der Waals surface area contributed by atoms with E-state index in [1.54, 1.807) is 11.5 Å². The number of piperidine rings is 1. The largest absolute Gasteiger partial charge is 0.343 e. The topological polar surface area (TPSA) is 41.1 Å². The standard InChI is InChI=1S/C13H24N4S/c1-3-6-12-15-13(18-16-12)17(9-4-2)11-7-5-8-14-10-11/h11,14H,3-10H2,1-2H3. The van der Waals surface area contributed by atoms with Crippen LogP contribution < -0.4 is 10.2 Å². The molecule has 1 aliphatic heterocycles. The van der Waals surface area contributed by atoms with Gasteiger partial charge in [-0.25, -0.2) is 4.98 Å². The average Bonchev–Trinajstić information content (AvgIpc) is 2.86. The summed E-state index contributed by atoms with van der Waals surface area (Å²) >= 11 is 1.57. The Kier molecular flexibility index (Phi) is 5.38. The molecule has 0 aromatic carbocycles. The minimum atomic E-state index is 0.598. The number of nitrogens with one attached hydrogen (secondary N) is 1. The second-order valence-corrected chi connectivity index (χ2v) is 5.67. The zero-order valence-electron chi connectivity index (χ0n) is 11.5. The number of hydrogen-bond donors (Lipinski definition) is 1. The Morgan fingerprint density at radius 1 is 1.39 bits per heavy atom. The third kappa shape index (κ3) is 3.42. The molecular weight excluding hydrogens is 244 g/mol. The molecule has 0 spiro atoms. The van der Waals surface area contributed by atoms with E-state index in [1.807, 2.05) is 0 Å². The van der Waals surface area contributed by atoms with Crippen LogP contribution in [0.15, 0.2) is 0 Å². The van der Waals surface area contributed by atoms with Gasteiger partial charge in [0.05, 0.1) is 0 Å². The highest BCUT2D eigenvalue weighted by molar-refractivity contribution is 7.09. The summed E-state index contributed by atoms with van der Waals surface area (Å²) in [5.74, 6) is 1.02. The van der Waals surface area contributed by atoms with Gasteiger partial charge in [0.1, 0.15) is 5.82 Å². The van der Waals surface area contributed by atoms with Gasteiger partial charge in [0.2, 0.25) is 5.13 Å². The van der Waals surface area contributed by atoms with Gasteiger partial charge in [0.15, 0.2) is 0 Å². The van der Waals surface area contributed by atoms with Gasteiger partial charge < -0.3 is 10.2 Å². The van der Waals surface area contributed by atoms with E-state index >= 15 is 0 Å². The maximum Gasteiger partial charge on any atom is 0.205 e. The molecule has 1 aliphatic rings. The molecule has 4 nitrogen and oxygen atoms in total. The summed E-state index contributed by atoms with van der Waals surface area (Å²) in [6.45, 7) is 7.75. The minimum Gasteiger partial charge on any atom is -0.343 e. The Morgan fingerprint density at radius 3 is 2.94 bits per heavy atom. The molecule has 1 aromatic rings. The van der Waals surface area contributed by atoms with Crippen LogP contribution in [0.2, 0.25) is 0 Å². The van der Waals surface area contributed by atoms with Crippen molar-refractivity contribution in [1.82, 2.24) is 14.7 Å². The molecule has 0 bridgehead atoms. The summed E-state index contributed by atoms with van der Waals surface area (Å²) in [7, 11) is 0. The lowest BCUT2D eigenvalue weighted by atomic mass is 10.1. The van der Waals surface area contributed by atoms with Crippen LogP contribution in [0, 0.1) is 0 Å². The highest BCUT2D eigenvalue weighted by Gasteiger charge is 2.23. The molecule has 2 heterocycles. The molecule has 0 amide bonds. The molecule has 18 heavy (non-hydrogen) atoms. The van der Waals surface area contributed by atoms with E-state index in [4.69, 9.17) is 4.98 Å². The van der Waals surface area contributed by atoms with Crippen molar-refractivity contribution in [2.75, 3.05) is 24.5 Å². The Hall–Kier alpha value is -0.680. The van der Waals surface area contributed by atoms with E-state index < -0.39 is 0 Å². The van der Waals surface area contributed by atoms with E-state index in [0.29, 0.717) is 6.04 Å². The summed E-state index contributed by atoms with van der Waals surface area (Å²) in [6, 6.07) is 0.598. The molecule has 1 unspecified atom stereocenters. The summed E-state index contributed by atoms with van der Waals surface area (Å²) in [6.07, 6.45) is 5.83. The van der Waals surface area contributed by atoms with Gasteiger partial charge in [-0.05, 0) is 32.2 Å². The number of aromatic nitrogens is 2. The molecule has 1 aromatic heterocycles. The molecular formula is C13H24N4S. The Bertz CT molecular complexity index is 347. The van der Waals surface area contributed by atoms with Crippen LogP contribution in [-0.4, -0.2) is 35.0 Å². The van der Waals surface area contributed by atoms with Crippen LogP contribution in [0.4, 0.5) is 5.13 Å². The van der Waals surface area contributed by atoms with E-state index in [2.05, 4.69) is 28.4 Å². The number of anilines is 1. The lowest BCUT2D eigenvalue weighted by molar-refractivity contribution is 0.430. The predicted octanol–water partition coefficient (Wildman–Crippen LogP) is 2.46. The van der Waals surface area contributed by atoms with Gasteiger partial charge in [-0.1, -0.05) is 13.8 Å². The smallest absolute Gasteiger partial charge is 0.205 e. The van der Waals surface area contributed by atoms with Crippen LogP contribution in [0.3, 0.4) is 0 Å². The first-order valence-corrected chi connectivity index (χ1v) is 7.92. The van der Waals surface area contributed by atoms with Crippen molar-refractivity contribution >= 4 is 16.7 Å². The molecule has 102 valence electrons. The lowest BCUT2D eigenvalue weighted by Gasteiger charge is -2.34. The van der Waals surface area contributed by atoms with E-state index in [0.717, 1.165) is 43.4 Å². The fourth-order valence-electron chi connectivity index (χ4n) is 2.46. The second-order valence-electron chi connectivity index (χ2n) is 4.94. The first kappa shape index (κ1) is 13.7. The predicted molar refractivity (Wildman–Crippen MR) is 77.4 cm³/mol. The quantitative estimate of drug-likeness (QED) is 0.860. The van der Waals surface area contributed by atoms with Crippen molar-refractivity contribution in [2.24, 2.45) is 0 Å². The van der Waals surface area contributed by atoms with Crippen molar-refractivity contribution in [1.29, 1.82) is 0 Å². The van der Waals surface area contributed by atoms with Crippen molar-refractivity contribution in [2.45, 2.75) is 52.0 Å². The Morgan fingerprint density at radius 2 is 2.28 bits per heavy atom.